The van der Waals surface area contributed by atoms with Crippen LogP contribution in [0.4, 0.5) is 5.69 Å². The molecule has 0 aliphatic heterocycles. The topological polar surface area (TPSA) is 68.0 Å². The number of halogens is 3. The van der Waals surface area contributed by atoms with E-state index in [1.807, 2.05) is 29.6 Å². The van der Waals surface area contributed by atoms with Gasteiger partial charge in [-0.1, -0.05) is 33.8 Å². The van der Waals surface area contributed by atoms with Crippen LogP contribution in [-0.4, -0.2) is 21.9 Å². The average molecular weight is 554 g/mol. The molecule has 1 N–H and O–H groups in total. The highest BCUT2D eigenvalue weighted by molar-refractivity contribution is 9.11. The lowest BCUT2D eigenvalue weighted by molar-refractivity contribution is -0.113. The maximum Gasteiger partial charge on any atom is 0.277 e. The summed E-state index contributed by atoms with van der Waals surface area (Å²) in [5.74, 6) is 0.465. The van der Waals surface area contributed by atoms with Crippen molar-refractivity contribution in [2.24, 2.45) is 0 Å². The Hall–Kier alpha value is -0.680. The average Bonchev–Trinajstić information content (AvgIpc) is 3.19. The fraction of sp³-hybridized carbons (Fsp3) is 0.0714. The van der Waals surface area contributed by atoms with Gasteiger partial charge >= 0.3 is 0 Å². The number of aromatic nitrogens is 2. The lowest BCUT2D eigenvalue weighted by Gasteiger charge is -2.09. The highest BCUT2D eigenvalue weighted by Gasteiger charge is 2.14. The van der Waals surface area contributed by atoms with E-state index in [-0.39, 0.29) is 11.7 Å². The van der Waals surface area contributed by atoms with Gasteiger partial charge in [0.2, 0.25) is 5.91 Å². The summed E-state index contributed by atoms with van der Waals surface area (Å²) >= 11 is 13.0. The number of benzene rings is 1. The van der Waals surface area contributed by atoms with E-state index in [9.17, 15) is 4.79 Å². The van der Waals surface area contributed by atoms with Crippen molar-refractivity contribution < 1.29 is 9.21 Å². The van der Waals surface area contributed by atoms with E-state index in [0.29, 0.717) is 16.8 Å². The maximum atomic E-state index is 12.1. The molecular weight excluding hydrogens is 546 g/mol. The molecule has 124 valence electrons. The predicted molar refractivity (Wildman–Crippen MR) is 107 cm³/mol. The van der Waals surface area contributed by atoms with Crippen LogP contribution < -0.4 is 5.32 Å². The van der Waals surface area contributed by atoms with E-state index in [1.165, 1.54) is 23.1 Å². The second-order valence-electron chi connectivity index (χ2n) is 4.43. The van der Waals surface area contributed by atoms with Gasteiger partial charge in [0.15, 0.2) is 0 Å². The maximum absolute atomic E-state index is 12.1. The number of nitrogens with one attached hydrogen (secondary N) is 1. The Balaban J connectivity index is 1.60. The van der Waals surface area contributed by atoms with Crippen LogP contribution in [0.25, 0.3) is 10.8 Å². The van der Waals surface area contributed by atoms with E-state index in [0.717, 1.165) is 18.3 Å². The SMILES string of the molecule is O=C(CSc1nnc(-c2cccs2)o1)Nc1c(Br)cc(Br)cc1Br. The van der Waals surface area contributed by atoms with Crippen molar-refractivity contribution in [1.82, 2.24) is 10.2 Å². The minimum atomic E-state index is -0.167. The first-order chi connectivity index (χ1) is 11.5. The normalized spacial score (nSPS) is 10.8. The Kier molecular flexibility index (Phi) is 6.14. The number of thiophene rings is 1. The van der Waals surface area contributed by atoms with Gasteiger partial charge in [0, 0.05) is 13.4 Å². The van der Waals surface area contributed by atoms with E-state index < -0.39 is 0 Å². The van der Waals surface area contributed by atoms with Gasteiger partial charge in [-0.25, -0.2) is 0 Å². The summed E-state index contributed by atoms with van der Waals surface area (Å²) in [6.45, 7) is 0. The van der Waals surface area contributed by atoms with Crippen molar-refractivity contribution in [3.8, 4) is 10.8 Å². The highest BCUT2D eigenvalue weighted by Crippen LogP contribution is 2.34. The second-order valence-corrected chi connectivity index (χ2v) is 8.93. The van der Waals surface area contributed by atoms with Crippen LogP contribution in [0.15, 0.2) is 52.7 Å². The number of nitrogens with zero attached hydrogens (tertiary/aromatic N) is 2. The Morgan fingerprint density at radius 2 is 2.00 bits per heavy atom. The molecule has 2 heterocycles. The van der Waals surface area contributed by atoms with Crippen molar-refractivity contribution in [2.75, 3.05) is 11.1 Å². The van der Waals surface area contributed by atoms with Crippen molar-refractivity contribution in [1.29, 1.82) is 0 Å². The van der Waals surface area contributed by atoms with Gasteiger partial charge in [-0.2, -0.15) is 0 Å². The van der Waals surface area contributed by atoms with Gasteiger partial charge < -0.3 is 9.73 Å². The van der Waals surface area contributed by atoms with Crippen molar-refractivity contribution >= 4 is 82.5 Å². The number of amides is 1. The summed E-state index contributed by atoms with van der Waals surface area (Å²) in [4.78, 5) is 13.0. The van der Waals surface area contributed by atoms with Gasteiger partial charge in [-0.15, -0.1) is 21.5 Å². The van der Waals surface area contributed by atoms with Crippen LogP contribution in [-0.2, 0) is 4.79 Å². The molecule has 1 aromatic carbocycles. The van der Waals surface area contributed by atoms with E-state index in [1.54, 1.807) is 0 Å². The zero-order valence-electron chi connectivity index (χ0n) is 11.8. The molecule has 0 aliphatic carbocycles. The fourth-order valence-corrected chi connectivity index (χ4v) is 5.40. The molecule has 5 nitrogen and oxygen atoms in total. The third-order valence-corrected chi connectivity index (χ3v) is 6.12. The molecule has 3 rings (SSSR count). The standard InChI is InChI=1S/C14H8Br3N3O2S2/c15-7-4-8(16)12(9(17)5-7)18-11(21)6-24-14-20-19-13(22-14)10-2-1-3-23-10/h1-5H,6H2,(H,18,21). The summed E-state index contributed by atoms with van der Waals surface area (Å²) in [6, 6.07) is 7.54. The van der Waals surface area contributed by atoms with Crippen molar-refractivity contribution in [2.45, 2.75) is 5.22 Å². The molecule has 3 aromatic rings. The lowest BCUT2D eigenvalue weighted by atomic mass is 10.3. The monoisotopic (exact) mass is 551 g/mol. The first kappa shape index (κ1) is 18.1. The first-order valence-corrected chi connectivity index (χ1v) is 10.7. The molecule has 1 amide bonds. The van der Waals surface area contributed by atoms with Gasteiger partial charge in [-0.3, -0.25) is 4.79 Å². The van der Waals surface area contributed by atoms with Gasteiger partial charge in [0.05, 0.1) is 16.3 Å². The van der Waals surface area contributed by atoms with Gasteiger partial charge in [-0.05, 0) is 55.4 Å². The van der Waals surface area contributed by atoms with Crippen LogP contribution in [0.5, 0.6) is 0 Å². The zero-order chi connectivity index (χ0) is 17.1. The van der Waals surface area contributed by atoms with Gasteiger partial charge in [0.25, 0.3) is 11.1 Å². The fourth-order valence-electron chi connectivity index (χ4n) is 1.73. The molecule has 0 spiro atoms. The quantitative estimate of drug-likeness (QED) is 0.403. The highest BCUT2D eigenvalue weighted by atomic mass is 79.9. The van der Waals surface area contributed by atoms with Crippen LogP contribution in [0.1, 0.15) is 0 Å². The molecule has 0 unspecified atom stereocenters. The summed E-state index contributed by atoms with van der Waals surface area (Å²) < 4.78 is 8.00. The number of carbonyl (C=O) groups excluding carboxylic acids is 1. The minimum absolute atomic E-state index is 0.167. The summed E-state index contributed by atoms with van der Waals surface area (Å²) in [7, 11) is 0. The van der Waals surface area contributed by atoms with Crippen LogP contribution in [0, 0.1) is 0 Å². The number of thioether (sulfide) groups is 1. The molecule has 0 bridgehead atoms. The summed E-state index contributed by atoms with van der Waals surface area (Å²) in [6.07, 6.45) is 0. The first-order valence-electron chi connectivity index (χ1n) is 6.47. The van der Waals surface area contributed by atoms with E-state index in [2.05, 4.69) is 63.3 Å². The third kappa shape index (κ3) is 4.48. The van der Waals surface area contributed by atoms with Crippen LogP contribution in [0.3, 0.4) is 0 Å². The molecule has 0 aliphatic rings. The Morgan fingerprint density at radius 1 is 1.25 bits per heavy atom. The second kappa shape index (κ2) is 8.13. The predicted octanol–water partition coefficient (Wildman–Crippen LogP) is 5.82. The molecule has 10 heteroatoms. The van der Waals surface area contributed by atoms with Gasteiger partial charge in [0.1, 0.15) is 0 Å². The molecule has 0 fully saturated rings. The molecule has 0 atom stereocenters. The minimum Gasteiger partial charge on any atom is -0.410 e. The molecule has 0 saturated heterocycles. The number of rotatable bonds is 5. The Labute approximate surface area is 171 Å². The number of anilines is 1. The molecule has 0 saturated carbocycles. The lowest BCUT2D eigenvalue weighted by Crippen LogP contribution is -2.14. The molecule has 2 aromatic heterocycles. The molecule has 24 heavy (non-hydrogen) atoms. The largest absolute Gasteiger partial charge is 0.410 e. The smallest absolute Gasteiger partial charge is 0.277 e. The Bertz CT molecular complexity index is 845. The number of carbonyl (C=O) groups is 1. The zero-order valence-corrected chi connectivity index (χ0v) is 18.1. The number of hydrogen-bond donors (Lipinski definition) is 1. The van der Waals surface area contributed by atoms with Crippen molar-refractivity contribution in [3.05, 3.63) is 43.1 Å². The number of hydrogen-bond acceptors (Lipinski definition) is 6. The summed E-state index contributed by atoms with van der Waals surface area (Å²) in [5.41, 5.74) is 0.675. The van der Waals surface area contributed by atoms with Crippen LogP contribution in [0.2, 0.25) is 0 Å². The summed E-state index contributed by atoms with van der Waals surface area (Å²) in [5, 5.41) is 13.1. The third-order valence-electron chi connectivity index (χ3n) is 2.74. The van der Waals surface area contributed by atoms with E-state index in [4.69, 9.17) is 4.42 Å². The van der Waals surface area contributed by atoms with E-state index >= 15 is 0 Å². The van der Waals surface area contributed by atoms with Crippen LogP contribution >= 0.6 is 70.9 Å². The molecule has 0 radical (unpaired) electrons. The molecular formula is C14H8Br3N3O2S2. The van der Waals surface area contributed by atoms with Crippen molar-refractivity contribution in [3.63, 3.8) is 0 Å². The Morgan fingerprint density at radius 3 is 2.67 bits per heavy atom.